The molecule has 1 aromatic rings. The highest BCUT2D eigenvalue weighted by molar-refractivity contribution is 9.10. The van der Waals surface area contributed by atoms with Gasteiger partial charge in [-0.15, -0.1) is 11.6 Å². The Labute approximate surface area is 110 Å². The second-order valence-corrected chi connectivity index (χ2v) is 5.55. The second-order valence-electron chi connectivity index (χ2n) is 4.37. The van der Waals surface area contributed by atoms with Crippen LogP contribution in [0.4, 0.5) is 0 Å². The first-order chi connectivity index (χ1) is 7.70. The second kappa shape index (κ2) is 5.42. The van der Waals surface area contributed by atoms with Gasteiger partial charge in [-0.25, -0.2) is 0 Å². The van der Waals surface area contributed by atoms with E-state index in [1.807, 2.05) is 6.07 Å². The van der Waals surface area contributed by atoms with E-state index in [0.717, 1.165) is 21.3 Å². The van der Waals surface area contributed by atoms with Crippen molar-refractivity contribution >= 4 is 27.5 Å². The van der Waals surface area contributed by atoms with Crippen LogP contribution in [-0.2, 0) is 5.88 Å². The summed E-state index contributed by atoms with van der Waals surface area (Å²) in [4.78, 5) is 0. The zero-order chi connectivity index (χ0) is 11.5. The number of rotatable bonds is 3. The number of halogens is 2. The van der Waals surface area contributed by atoms with Gasteiger partial charge in [0.25, 0.3) is 0 Å². The summed E-state index contributed by atoms with van der Waals surface area (Å²) in [5.74, 6) is 1.49. The molecule has 0 amide bonds. The maximum absolute atomic E-state index is 6.08. The summed E-state index contributed by atoms with van der Waals surface area (Å²) >= 11 is 9.45. The average Bonchev–Trinajstić information content (AvgIpc) is 2.74. The van der Waals surface area contributed by atoms with Gasteiger partial charge in [0.05, 0.1) is 12.0 Å². The number of hydrogen-bond acceptors (Lipinski definition) is 1. The van der Waals surface area contributed by atoms with Gasteiger partial charge in [0.15, 0.2) is 0 Å². The van der Waals surface area contributed by atoms with Gasteiger partial charge >= 0.3 is 0 Å². The van der Waals surface area contributed by atoms with Gasteiger partial charge in [-0.1, -0.05) is 15.9 Å². The molecule has 0 radical (unpaired) electrons. The molecule has 2 rings (SSSR count). The van der Waals surface area contributed by atoms with E-state index in [0.29, 0.717) is 12.0 Å². The Bertz CT molecular complexity index is 372. The Morgan fingerprint density at radius 2 is 2.06 bits per heavy atom. The predicted molar refractivity (Wildman–Crippen MR) is 71.3 cm³/mol. The molecule has 16 heavy (non-hydrogen) atoms. The molecule has 0 heterocycles. The summed E-state index contributed by atoms with van der Waals surface area (Å²) in [6.07, 6.45) is 5.32. The van der Waals surface area contributed by atoms with Crippen molar-refractivity contribution in [2.24, 2.45) is 0 Å². The van der Waals surface area contributed by atoms with E-state index >= 15 is 0 Å². The van der Waals surface area contributed by atoms with E-state index in [1.165, 1.54) is 25.7 Å². The molecule has 1 saturated carbocycles. The van der Waals surface area contributed by atoms with Crippen LogP contribution in [0.2, 0.25) is 0 Å². The minimum atomic E-state index is 0.391. The molecular weight excluding hydrogens is 287 g/mol. The van der Waals surface area contributed by atoms with Crippen molar-refractivity contribution in [3.63, 3.8) is 0 Å². The first-order valence-electron chi connectivity index (χ1n) is 5.72. The van der Waals surface area contributed by atoms with Crippen LogP contribution in [0.1, 0.15) is 36.8 Å². The molecule has 1 fully saturated rings. The third kappa shape index (κ3) is 2.72. The van der Waals surface area contributed by atoms with Crippen LogP contribution in [0, 0.1) is 6.92 Å². The monoisotopic (exact) mass is 302 g/mol. The van der Waals surface area contributed by atoms with Crippen LogP contribution < -0.4 is 4.74 Å². The van der Waals surface area contributed by atoms with Crippen LogP contribution in [0.25, 0.3) is 0 Å². The summed E-state index contributed by atoms with van der Waals surface area (Å²) in [6, 6.07) is 4.13. The lowest BCUT2D eigenvalue weighted by atomic mass is 10.1. The Hall–Kier alpha value is -0.210. The lowest BCUT2D eigenvalue weighted by Gasteiger charge is -2.18. The lowest BCUT2D eigenvalue weighted by Crippen LogP contribution is -2.13. The standard InChI is InChI=1S/C13H16BrClO/c1-9-6-11(14)7-10(8-15)13(9)16-12-4-2-3-5-12/h6-7,12H,2-5,8H2,1H3. The maximum atomic E-state index is 6.08. The highest BCUT2D eigenvalue weighted by Gasteiger charge is 2.19. The molecule has 0 saturated heterocycles. The molecule has 0 aromatic heterocycles. The zero-order valence-electron chi connectivity index (χ0n) is 9.43. The molecular formula is C13H16BrClO. The SMILES string of the molecule is Cc1cc(Br)cc(CCl)c1OC1CCCC1. The van der Waals surface area contributed by atoms with E-state index in [9.17, 15) is 0 Å². The fraction of sp³-hybridized carbons (Fsp3) is 0.538. The van der Waals surface area contributed by atoms with Gasteiger partial charge in [-0.2, -0.15) is 0 Å². The first-order valence-corrected chi connectivity index (χ1v) is 7.05. The zero-order valence-corrected chi connectivity index (χ0v) is 11.8. The Morgan fingerprint density at radius 1 is 1.38 bits per heavy atom. The van der Waals surface area contributed by atoms with E-state index in [1.54, 1.807) is 0 Å². The normalized spacial score (nSPS) is 16.7. The minimum absolute atomic E-state index is 0.391. The van der Waals surface area contributed by atoms with Crippen molar-refractivity contribution < 1.29 is 4.74 Å². The molecule has 0 spiro atoms. The van der Waals surface area contributed by atoms with Gasteiger partial charge in [-0.3, -0.25) is 0 Å². The van der Waals surface area contributed by atoms with Gasteiger partial charge in [0, 0.05) is 10.0 Å². The van der Waals surface area contributed by atoms with Crippen LogP contribution in [0.5, 0.6) is 5.75 Å². The fourth-order valence-corrected chi connectivity index (χ4v) is 3.06. The highest BCUT2D eigenvalue weighted by Crippen LogP contribution is 2.32. The fourth-order valence-electron chi connectivity index (χ4n) is 2.24. The minimum Gasteiger partial charge on any atom is -0.490 e. The molecule has 0 N–H and O–H groups in total. The molecule has 88 valence electrons. The molecule has 0 atom stereocenters. The molecule has 3 heteroatoms. The van der Waals surface area contributed by atoms with E-state index in [-0.39, 0.29) is 0 Å². The molecule has 0 bridgehead atoms. The number of aryl methyl sites for hydroxylation is 1. The van der Waals surface area contributed by atoms with Gasteiger partial charge < -0.3 is 4.74 Å². The molecule has 1 aliphatic rings. The van der Waals surface area contributed by atoms with Crippen molar-refractivity contribution in [1.82, 2.24) is 0 Å². The smallest absolute Gasteiger partial charge is 0.127 e. The lowest BCUT2D eigenvalue weighted by molar-refractivity contribution is 0.207. The van der Waals surface area contributed by atoms with Gasteiger partial charge in [0.2, 0.25) is 0 Å². The summed E-state index contributed by atoms with van der Waals surface area (Å²) in [6.45, 7) is 2.07. The van der Waals surface area contributed by atoms with Crippen LogP contribution in [0.3, 0.4) is 0 Å². The number of alkyl halides is 1. The third-order valence-corrected chi connectivity index (χ3v) is 3.79. The molecule has 0 unspecified atom stereocenters. The summed E-state index contributed by atoms with van der Waals surface area (Å²) in [5, 5.41) is 0. The summed E-state index contributed by atoms with van der Waals surface area (Å²) in [7, 11) is 0. The topological polar surface area (TPSA) is 9.23 Å². The maximum Gasteiger partial charge on any atom is 0.127 e. The van der Waals surface area contributed by atoms with Crippen molar-refractivity contribution in [2.75, 3.05) is 0 Å². The predicted octanol–water partition coefficient (Wildman–Crippen LogP) is 4.82. The van der Waals surface area contributed by atoms with Crippen LogP contribution in [-0.4, -0.2) is 6.10 Å². The molecule has 1 aliphatic carbocycles. The highest BCUT2D eigenvalue weighted by atomic mass is 79.9. The molecule has 1 aromatic carbocycles. The van der Waals surface area contributed by atoms with E-state index in [2.05, 4.69) is 28.9 Å². The summed E-state index contributed by atoms with van der Waals surface area (Å²) < 4.78 is 7.15. The number of hydrogen-bond donors (Lipinski definition) is 0. The molecule has 0 aliphatic heterocycles. The third-order valence-electron chi connectivity index (χ3n) is 3.05. The van der Waals surface area contributed by atoms with Gasteiger partial charge in [0.1, 0.15) is 5.75 Å². The van der Waals surface area contributed by atoms with Gasteiger partial charge in [-0.05, 0) is 50.3 Å². The number of benzene rings is 1. The van der Waals surface area contributed by atoms with Crippen molar-refractivity contribution in [3.8, 4) is 5.75 Å². The number of ether oxygens (including phenoxy) is 1. The van der Waals surface area contributed by atoms with Crippen LogP contribution in [0.15, 0.2) is 16.6 Å². The van der Waals surface area contributed by atoms with Crippen LogP contribution >= 0.6 is 27.5 Å². The molecule has 1 nitrogen and oxygen atoms in total. The quantitative estimate of drug-likeness (QED) is 0.728. The first kappa shape index (κ1) is 12.3. The van der Waals surface area contributed by atoms with E-state index in [4.69, 9.17) is 16.3 Å². The Morgan fingerprint density at radius 3 is 2.69 bits per heavy atom. The summed E-state index contributed by atoms with van der Waals surface area (Å²) in [5.41, 5.74) is 2.25. The van der Waals surface area contributed by atoms with Crippen molar-refractivity contribution in [2.45, 2.75) is 44.6 Å². The Balaban J connectivity index is 2.23. The average molecular weight is 304 g/mol. The van der Waals surface area contributed by atoms with E-state index < -0.39 is 0 Å². The largest absolute Gasteiger partial charge is 0.490 e. The van der Waals surface area contributed by atoms with Crippen molar-refractivity contribution in [3.05, 3.63) is 27.7 Å². The Kier molecular flexibility index (Phi) is 4.15. The van der Waals surface area contributed by atoms with Crippen molar-refractivity contribution in [1.29, 1.82) is 0 Å².